The van der Waals surface area contributed by atoms with Crippen molar-refractivity contribution < 1.29 is 14.6 Å². The highest BCUT2D eigenvalue weighted by molar-refractivity contribution is 5.97. The lowest BCUT2D eigenvalue weighted by atomic mass is 10.2. The van der Waals surface area contributed by atoms with Crippen molar-refractivity contribution in [3.63, 3.8) is 0 Å². The van der Waals surface area contributed by atoms with E-state index in [2.05, 4.69) is 0 Å². The maximum Gasteiger partial charge on any atom is 0.344 e. The predicted molar refractivity (Wildman–Crippen MR) is 55.2 cm³/mol. The number of benzene rings is 1. The molecule has 0 saturated carbocycles. The summed E-state index contributed by atoms with van der Waals surface area (Å²) in [5.74, 6) is -0.906. The number of nitrogens with one attached hydrogen (secondary N) is 1. The van der Waals surface area contributed by atoms with Gasteiger partial charge in [-0.25, -0.2) is 4.79 Å². The molecule has 0 saturated heterocycles. The van der Waals surface area contributed by atoms with Crippen molar-refractivity contribution in [2.75, 3.05) is 0 Å². The van der Waals surface area contributed by atoms with Crippen molar-refractivity contribution in [2.24, 2.45) is 5.73 Å². The molecule has 5 nitrogen and oxygen atoms in total. The zero-order valence-corrected chi connectivity index (χ0v) is 8.23. The summed E-state index contributed by atoms with van der Waals surface area (Å²) in [5, 5.41) is 15.9. The van der Waals surface area contributed by atoms with E-state index in [1.54, 1.807) is 24.3 Å². The van der Waals surface area contributed by atoms with Crippen LogP contribution in [0.2, 0.25) is 0 Å². The van der Waals surface area contributed by atoms with Gasteiger partial charge in [0.1, 0.15) is 11.6 Å². The van der Waals surface area contributed by atoms with Gasteiger partial charge in [-0.05, 0) is 19.1 Å². The second-order valence-corrected chi connectivity index (χ2v) is 3.01. The Bertz CT molecular complexity index is 390. The Morgan fingerprint density at radius 1 is 1.53 bits per heavy atom. The summed E-state index contributed by atoms with van der Waals surface area (Å²) in [4.78, 5) is 10.6. The maximum absolute atomic E-state index is 10.6. The minimum atomic E-state index is -1.06. The highest BCUT2D eigenvalue weighted by atomic mass is 16.5. The van der Waals surface area contributed by atoms with Crippen molar-refractivity contribution in [3.8, 4) is 5.75 Å². The number of nitrogen functional groups attached to an aromatic ring is 1. The van der Waals surface area contributed by atoms with Gasteiger partial charge in [-0.15, -0.1) is 0 Å². The molecule has 0 fully saturated rings. The highest BCUT2D eigenvalue weighted by Crippen LogP contribution is 2.18. The molecule has 0 amide bonds. The fourth-order valence-electron chi connectivity index (χ4n) is 1.03. The van der Waals surface area contributed by atoms with Crippen LogP contribution in [0, 0.1) is 5.41 Å². The quantitative estimate of drug-likeness (QED) is 0.504. The van der Waals surface area contributed by atoms with Crippen molar-refractivity contribution in [3.05, 3.63) is 29.8 Å². The van der Waals surface area contributed by atoms with Gasteiger partial charge in [0.05, 0.1) is 5.56 Å². The fourth-order valence-corrected chi connectivity index (χ4v) is 1.03. The Hall–Kier alpha value is -2.04. The number of ether oxygens (including phenoxy) is 1. The third-order valence-electron chi connectivity index (χ3n) is 1.83. The third kappa shape index (κ3) is 2.70. The molecular formula is C10H12N2O3. The molecule has 4 N–H and O–H groups in total. The first kappa shape index (κ1) is 11.0. The molecule has 1 aromatic rings. The van der Waals surface area contributed by atoms with Crippen LogP contribution in [0.5, 0.6) is 5.75 Å². The zero-order valence-electron chi connectivity index (χ0n) is 8.23. The summed E-state index contributed by atoms with van der Waals surface area (Å²) in [6.45, 7) is 1.42. The number of hydrogen-bond acceptors (Lipinski definition) is 3. The van der Waals surface area contributed by atoms with Crippen LogP contribution in [0.15, 0.2) is 24.3 Å². The van der Waals surface area contributed by atoms with Crippen LogP contribution >= 0.6 is 0 Å². The Morgan fingerprint density at radius 2 is 2.13 bits per heavy atom. The van der Waals surface area contributed by atoms with E-state index in [-0.39, 0.29) is 5.84 Å². The van der Waals surface area contributed by atoms with Crippen LogP contribution in [0.1, 0.15) is 12.5 Å². The number of amidine groups is 1. The van der Waals surface area contributed by atoms with Gasteiger partial charge >= 0.3 is 5.97 Å². The van der Waals surface area contributed by atoms with Gasteiger partial charge in [0.25, 0.3) is 0 Å². The molecule has 80 valence electrons. The van der Waals surface area contributed by atoms with Crippen LogP contribution in [0.3, 0.4) is 0 Å². The van der Waals surface area contributed by atoms with Crippen molar-refractivity contribution in [1.82, 2.24) is 0 Å². The van der Waals surface area contributed by atoms with E-state index in [9.17, 15) is 4.79 Å². The first-order chi connectivity index (χ1) is 7.02. The fraction of sp³-hybridized carbons (Fsp3) is 0.200. The molecule has 0 aliphatic heterocycles. The van der Waals surface area contributed by atoms with Gasteiger partial charge in [-0.1, -0.05) is 12.1 Å². The maximum atomic E-state index is 10.6. The zero-order chi connectivity index (χ0) is 11.4. The molecule has 1 atom stereocenters. The average molecular weight is 208 g/mol. The molecule has 0 radical (unpaired) electrons. The molecule has 0 spiro atoms. The number of nitrogens with two attached hydrogens (primary N) is 1. The summed E-state index contributed by atoms with van der Waals surface area (Å²) in [6.07, 6.45) is -0.967. The molecule has 0 aliphatic carbocycles. The van der Waals surface area contributed by atoms with E-state index in [1.165, 1.54) is 6.92 Å². The summed E-state index contributed by atoms with van der Waals surface area (Å²) in [6, 6.07) is 6.58. The molecule has 0 heterocycles. The molecule has 1 unspecified atom stereocenters. The highest BCUT2D eigenvalue weighted by Gasteiger charge is 2.15. The number of carbonyl (C=O) groups is 1. The predicted octanol–water partition coefficient (Wildman–Crippen LogP) is 0.823. The third-order valence-corrected chi connectivity index (χ3v) is 1.83. The van der Waals surface area contributed by atoms with E-state index < -0.39 is 12.1 Å². The first-order valence-electron chi connectivity index (χ1n) is 4.35. The molecule has 15 heavy (non-hydrogen) atoms. The number of carboxylic acids is 1. The van der Waals surface area contributed by atoms with Crippen molar-refractivity contribution in [1.29, 1.82) is 5.41 Å². The van der Waals surface area contributed by atoms with Gasteiger partial charge in [0.2, 0.25) is 0 Å². The molecular weight excluding hydrogens is 196 g/mol. The van der Waals surface area contributed by atoms with Gasteiger partial charge in [-0.2, -0.15) is 0 Å². The monoisotopic (exact) mass is 208 g/mol. The number of rotatable bonds is 4. The Morgan fingerprint density at radius 3 is 2.67 bits per heavy atom. The van der Waals surface area contributed by atoms with E-state index in [4.69, 9.17) is 21.0 Å². The van der Waals surface area contributed by atoms with Crippen LogP contribution in [0.25, 0.3) is 0 Å². The van der Waals surface area contributed by atoms with Gasteiger partial charge in [0.15, 0.2) is 6.10 Å². The molecule has 0 aliphatic rings. The van der Waals surface area contributed by atoms with Crippen LogP contribution in [0.4, 0.5) is 0 Å². The first-order valence-corrected chi connectivity index (χ1v) is 4.35. The van der Waals surface area contributed by atoms with Crippen LogP contribution in [-0.4, -0.2) is 23.0 Å². The lowest BCUT2D eigenvalue weighted by Gasteiger charge is -2.13. The summed E-state index contributed by atoms with van der Waals surface area (Å²) < 4.78 is 5.15. The number of aliphatic carboxylic acids is 1. The lowest BCUT2D eigenvalue weighted by molar-refractivity contribution is -0.144. The molecule has 1 rings (SSSR count). The molecule has 0 bridgehead atoms. The summed E-state index contributed by atoms with van der Waals surface area (Å²) in [5.41, 5.74) is 5.72. The number of hydrogen-bond donors (Lipinski definition) is 3. The van der Waals surface area contributed by atoms with E-state index >= 15 is 0 Å². The molecule has 5 heteroatoms. The lowest BCUT2D eigenvalue weighted by Crippen LogP contribution is -2.24. The summed E-state index contributed by atoms with van der Waals surface area (Å²) >= 11 is 0. The minimum Gasteiger partial charge on any atom is -0.479 e. The SMILES string of the molecule is CC(Oc1ccccc1C(=N)N)C(=O)O. The van der Waals surface area contributed by atoms with E-state index in [0.29, 0.717) is 11.3 Å². The summed E-state index contributed by atoms with van der Waals surface area (Å²) in [7, 11) is 0. The van der Waals surface area contributed by atoms with Crippen molar-refractivity contribution in [2.45, 2.75) is 13.0 Å². The van der Waals surface area contributed by atoms with Crippen molar-refractivity contribution >= 4 is 11.8 Å². The average Bonchev–Trinajstić information content (AvgIpc) is 2.18. The van der Waals surface area contributed by atoms with Crippen LogP contribution in [-0.2, 0) is 4.79 Å². The second kappa shape index (κ2) is 4.45. The normalized spacial score (nSPS) is 11.8. The Labute approximate surface area is 87.0 Å². The van der Waals surface area contributed by atoms with Gasteiger partial charge in [0, 0.05) is 0 Å². The van der Waals surface area contributed by atoms with E-state index in [1.807, 2.05) is 0 Å². The Kier molecular flexibility index (Phi) is 3.28. The molecule has 1 aromatic carbocycles. The van der Waals surface area contributed by atoms with Gasteiger partial charge in [-0.3, -0.25) is 5.41 Å². The number of para-hydroxylation sites is 1. The second-order valence-electron chi connectivity index (χ2n) is 3.01. The standard InChI is InChI=1S/C10H12N2O3/c1-6(10(13)14)15-8-5-3-2-4-7(8)9(11)12/h2-6H,1H3,(H3,11,12)(H,13,14). The Balaban J connectivity index is 2.94. The number of carboxylic acid groups (broad SMARTS) is 1. The largest absolute Gasteiger partial charge is 0.479 e. The smallest absolute Gasteiger partial charge is 0.344 e. The minimum absolute atomic E-state index is 0.150. The molecule has 0 aromatic heterocycles. The van der Waals surface area contributed by atoms with E-state index in [0.717, 1.165) is 0 Å². The topological polar surface area (TPSA) is 96.4 Å². The van der Waals surface area contributed by atoms with Gasteiger partial charge < -0.3 is 15.6 Å². The van der Waals surface area contributed by atoms with Crippen LogP contribution < -0.4 is 10.5 Å².